The Morgan fingerprint density at radius 1 is 1.00 bits per heavy atom. The molecule has 0 amide bonds. The van der Waals surface area contributed by atoms with Crippen molar-refractivity contribution < 1.29 is 19.0 Å². The van der Waals surface area contributed by atoms with Gasteiger partial charge in [0.25, 0.3) is 0 Å². The lowest BCUT2D eigenvalue weighted by atomic mass is 10.0. The van der Waals surface area contributed by atoms with Crippen LogP contribution in [0, 0.1) is 0 Å². The third-order valence-corrected chi connectivity index (χ3v) is 2.42. The number of esters is 1. The van der Waals surface area contributed by atoms with E-state index in [1.54, 1.807) is 0 Å². The van der Waals surface area contributed by atoms with E-state index in [0.29, 0.717) is 13.0 Å². The lowest BCUT2D eigenvalue weighted by Gasteiger charge is -2.15. The third-order valence-electron chi connectivity index (χ3n) is 2.42. The second-order valence-electron chi connectivity index (χ2n) is 3.31. The first kappa shape index (κ1) is 7.67. The Morgan fingerprint density at radius 2 is 1.71 bits per heavy atom. The van der Waals surface area contributed by atoms with E-state index in [1.165, 1.54) is 0 Å². The van der Waals surface area contributed by atoms with Crippen LogP contribution in [0.5, 0.6) is 11.5 Å². The first-order valence-corrected chi connectivity index (χ1v) is 4.40. The fourth-order valence-electron chi connectivity index (χ4n) is 1.69. The van der Waals surface area contributed by atoms with E-state index in [2.05, 4.69) is 0 Å². The van der Waals surface area contributed by atoms with E-state index in [4.69, 9.17) is 14.2 Å². The van der Waals surface area contributed by atoms with Crippen LogP contribution in [0.25, 0.3) is 0 Å². The summed E-state index contributed by atoms with van der Waals surface area (Å²) in [6, 6.07) is 3.74. The zero-order chi connectivity index (χ0) is 9.54. The van der Waals surface area contributed by atoms with Gasteiger partial charge in [-0.25, -0.2) is 0 Å². The van der Waals surface area contributed by atoms with Gasteiger partial charge < -0.3 is 14.2 Å². The number of rotatable bonds is 0. The minimum absolute atomic E-state index is 0.184. The molecule has 14 heavy (non-hydrogen) atoms. The predicted molar refractivity (Wildman–Crippen MR) is 46.1 cm³/mol. The van der Waals surface area contributed by atoms with Gasteiger partial charge in [-0.1, -0.05) is 0 Å². The van der Waals surface area contributed by atoms with Crippen molar-refractivity contribution in [2.24, 2.45) is 0 Å². The number of benzene rings is 1. The largest absolute Gasteiger partial charge is 0.461 e. The zero-order valence-corrected chi connectivity index (χ0v) is 7.41. The summed E-state index contributed by atoms with van der Waals surface area (Å²) >= 11 is 0. The third kappa shape index (κ3) is 1.04. The smallest absolute Gasteiger partial charge is 0.310 e. The summed E-state index contributed by atoms with van der Waals surface area (Å²) in [5.74, 6) is 1.27. The Morgan fingerprint density at radius 3 is 2.50 bits per heavy atom. The van der Waals surface area contributed by atoms with Gasteiger partial charge >= 0.3 is 5.97 Å². The highest BCUT2D eigenvalue weighted by Gasteiger charge is 2.22. The second kappa shape index (κ2) is 2.64. The van der Waals surface area contributed by atoms with Crippen LogP contribution in [-0.4, -0.2) is 12.8 Å². The second-order valence-corrected chi connectivity index (χ2v) is 3.31. The Bertz CT molecular complexity index is 411. The highest BCUT2D eigenvalue weighted by molar-refractivity contribution is 5.75. The van der Waals surface area contributed by atoms with Gasteiger partial charge in [-0.2, -0.15) is 0 Å². The van der Waals surface area contributed by atoms with Gasteiger partial charge in [0.1, 0.15) is 6.61 Å². The van der Waals surface area contributed by atoms with Gasteiger partial charge in [-0.05, 0) is 23.3 Å². The Balaban J connectivity index is 2.10. The Labute approximate surface area is 80.4 Å². The van der Waals surface area contributed by atoms with Crippen molar-refractivity contribution >= 4 is 5.97 Å². The molecule has 1 aromatic carbocycles. The van der Waals surface area contributed by atoms with Crippen LogP contribution < -0.4 is 9.47 Å². The average Bonchev–Trinajstić information content (AvgIpc) is 2.61. The molecule has 0 aliphatic carbocycles. The minimum atomic E-state index is -0.184. The highest BCUT2D eigenvalue weighted by atomic mass is 16.7. The molecule has 2 aliphatic heterocycles. The van der Waals surface area contributed by atoms with Gasteiger partial charge in [0, 0.05) is 0 Å². The van der Waals surface area contributed by atoms with Gasteiger partial charge in [-0.3, -0.25) is 4.79 Å². The quantitative estimate of drug-likeness (QED) is 0.575. The lowest BCUT2D eigenvalue weighted by molar-refractivity contribution is -0.145. The molecule has 72 valence electrons. The van der Waals surface area contributed by atoms with Gasteiger partial charge in [-0.15, -0.1) is 0 Å². The molecule has 0 spiro atoms. The highest BCUT2D eigenvalue weighted by Crippen LogP contribution is 2.36. The summed E-state index contributed by atoms with van der Waals surface area (Å²) < 4.78 is 15.4. The van der Waals surface area contributed by atoms with Gasteiger partial charge in [0.2, 0.25) is 6.79 Å². The molecular weight excluding hydrogens is 184 g/mol. The summed E-state index contributed by atoms with van der Waals surface area (Å²) in [5.41, 5.74) is 1.99. The Hall–Kier alpha value is -1.71. The normalized spacial score (nSPS) is 17.6. The SMILES string of the molecule is O=C1Cc2cc3c(cc2CO1)OCO3. The van der Waals surface area contributed by atoms with Crippen molar-refractivity contribution in [1.29, 1.82) is 0 Å². The standard InChI is InChI=1S/C10H8O4/c11-10-3-6-1-8-9(14-5-13-8)2-7(6)4-12-10/h1-2H,3-5H2. The first-order valence-electron chi connectivity index (χ1n) is 4.40. The maximum absolute atomic E-state index is 11.0. The minimum Gasteiger partial charge on any atom is -0.461 e. The van der Waals surface area contributed by atoms with Crippen molar-refractivity contribution in [1.82, 2.24) is 0 Å². The summed E-state index contributed by atoms with van der Waals surface area (Å²) in [5, 5.41) is 0. The fourth-order valence-corrected chi connectivity index (χ4v) is 1.69. The van der Waals surface area contributed by atoms with Crippen LogP contribution in [0.1, 0.15) is 11.1 Å². The average molecular weight is 192 g/mol. The van der Waals surface area contributed by atoms with E-state index in [-0.39, 0.29) is 12.8 Å². The van der Waals surface area contributed by atoms with E-state index in [9.17, 15) is 4.79 Å². The summed E-state index contributed by atoms with van der Waals surface area (Å²) in [4.78, 5) is 11.0. The fraction of sp³-hybridized carbons (Fsp3) is 0.300. The molecular formula is C10H8O4. The lowest BCUT2D eigenvalue weighted by Crippen LogP contribution is -2.15. The topological polar surface area (TPSA) is 44.8 Å². The molecule has 0 fully saturated rings. The van der Waals surface area contributed by atoms with Gasteiger partial charge in [0.15, 0.2) is 11.5 Å². The molecule has 1 aromatic rings. The van der Waals surface area contributed by atoms with E-state index < -0.39 is 0 Å². The van der Waals surface area contributed by atoms with Crippen LogP contribution in [0.3, 0.4) is 0 Å². The summed E-state index contributed by atoms with van der Waals surface area (Å²) in [6.07, 6.45) is 0.325. The van der Waals surface area contributed by atoms with Crippen LogP contribution in [0.15, 0.2) is 12.1 Å². The molecule has 0 unspecified atom stereocenters. The van der Waals surface area contributed by atoms with Crippen LogP contribution in [0.4, 0.5) is 0 Å². The predicted octanol–water partition coefficient (Wildman–Crippen LogP) is 1.01. The molecule has 0 saturated carbocycles. The number of ether oxygens (including phenoxy) is 3. The molecule has 0 radical (unpaired) electrons. The Kier molecular flexibility index (Phi) is 1.45. The number of carbonyl (C=O) groups excluding carboxylic acids is 1. The molecule has 0 N–H and O–H groups in total. The molecule has 4 heteroatoms. The number of hydrogen-bond donors (Lipinski definition) is 0. The molecule has 0 saturated heterocycles. The van der Waals surface area contributed by atoms with E-state index in [1.807, 2.05) is 12.1 Å². The molecule has 3 rings (SSSR count). The summed E-state index contributed by atoms with van der Waals surface area (Å²) in [7, 11) is 0. The van der Waals surface area contributed by atoms with Crippen molar-refractivity contribution in [3.8, 4) is 11.5 Å². The van der Waals surface area contributed by atoms with Crippen molar-refractivity contribution in [3.05, 3.63) is 23.3 Å². The maximum atomic E-state index is 11.0. The van der Waals surface area contributed by atoms with Crippen LogP contribution in [0.2, 0.25) is 0 Å². The maximum Gasteiger partial charge on any atom is 0.310 e. The van der Waals surface area contributed by atoms with Crippen molar-refractivity contribution in [3.63, 3.8) is 0 Å². The molecule has 0 bridgehead atoms. The number of carbonyl (C=O) groups is 1. The zero-order valence-electron chi connectivity index (χ0n) is 7.41. The van der Waals surface area contributed by atoms with Gasteiger partial charge in [0.05, 0.1) is 6.42 Å². The van der Waals surface area contributed by atoms with Crippen molar-refractivity contribution in [2.45, 2.75) is 13.0 Å². The monoisotopic (exact) mass is 192 g/mol. The number of cyclic esters (lactones) is 1. The molecule has 2 heterocycles. The number of hydrogen-bond acceptors (Lipinski definition) is 4. The molecule has 2 aliphatic rings. The van der Waals surface area contributed by atoms with Crippen LogP contribution >= 0.6 is 0 Å². The van der Waals surface area contributed by atoms with E-state index in [0.717, 1.165) is 22.6 Å². The molecule has 0 aromatic heterocycles. The molecule has 0 atom stereocenters. The van der Waals surface area contributed by atoms with Crippen molar-refractivity contribution in [2.75, 3.05) is 6.79 Å². The first-order chi connectivity index (χ1) is 6.83. The van der Waals surface area contributed by atoms with Crippen LogP contribution in [-0.2, 0) is 22.6 Å². The van der Waals surface area contributed by atoms with E-state index >= 15 is 0 Å². The summed E-state index contributed by atoms with van der Waals surface area (Å²) in [6.45, 7) is 0.595. The molecule has 4 nitrogen and oxygen atoms in total. The number of fused-ring (bicyclic) bond motifs is 2.